The molecule has 35 heavy (non-hydrogen) atoms. The molecule has 3 aromatic carbocycles. The molecule has 1 saturated heterocycles. The van der Waals surface area contributed by atoms with Gasteiger partial charge < -0.3 is 9.72 Å². The van der Waals surface area contributed by atoms with Gasteiger partial charge in [0.1, 0.15) is 11.6 Å². The number of aromatic nitrogens is 2. The second kappa shape index (κ2) is 10.5. The summed E-state index contributed by atoms with van der Waals surface area (Å²) < 4.78 is 5.39. The molecule has 5 rings (SSSR count). The Labute approximate surface area is 208 Å². The van der Waals surface area contributed by atoms with E-state index in [1.165, 1.54) is 11.1 Å². The zero-order valence-corrected chi connectivity index (χ0v) is 20.8. The van der Waals surface area contributed by atoms with Gasteiger partial charge in [-0.15, -0.1) is 0 Å². The molecular weight excluding hydrogens is 432 g/mol. The third kappa shape index (κ3) is 5.02. The van der Waals surface area contributed by atoms with Crippen LogP contribution >= 0.6 is 0 Å². The maximum Gasteiger partial charge on any atom is 0.138 e. The number of piperazine rings is 1. The fraction of sp³-hybridized carbons (Fsp3) is 0.300. The zero-order chi connectivity index (χ0) is 24.2. The van der Waals surface area contributed by atoms with Crippen LogP contribution in [0.15, 0.2) is 84.9 Å². The van der Waals surface area contributed by atoms with Crippen LogP contribution in [0.1, 0.15) is 41.5 Å². The summed E-state index contributed by atoms with van der Waals surface area (Å²) >= 11 is 0. The van der Waals surface area contributed by atoms with Crippen LogP contribution < -0.4 is 4.74 Å². The van der Waals surface area contributed by atoms with Gasteiger partial charge in [0.25, 0.3) is 0 Å². The summed E-state index contributed by atoms with van der Waals surface area (Å²) in [5.74, 6) is 1.74. The number of H-pyrrole nitrogens is 1. The Morgan fingerprint density at radius 3 is 2.00 bits per heavy atom. The summed E-state index contributed by atoms with van der Waals surface area (Å²) in [7, 11) is 1.69. The highest BCUT2D eigenvalue weighted by atomic mass is 16.5. The lowest BCUT2D eigenvalue weighted by Crippen LogP contribution is -2.48. The average Bonchev–Trinajstić information content (AvgIpc) is 3.31. The van der Waals surface area contributed by atoms with E-state index in [9.17, 15) is 0 Å². The number of nitrogens with one attached hydrogen (secondary N) is 1. The molecule has 4 aromatic rings. The van der Waals surface area contributed by atoms with E-state index in [1.807, 2.05) is 18.2 Å². The molecule has 1 unspecified atom stereocenters. The fourth-order valence-electron chi connectivity index (χ4n) is 5.23. The fourth-order valence-corrected chi connectivity index (χ4v) is 5.23. The molecule has 0 radical (unpaired) electrons. The highest BCUT2D eigenvalue weighted by molar-refractivity contribution is 5.58. The summed E-state index contributed by atoms with van der Waals surface area (Å²) in [6, 6.07) is 30.3. The standard InChI is InChI=1S/C30H34N4O/c1-22-28(32-30(31-22)26-15-10-16-27(21-26)35-3)23(2)33-17-19-34(20-18-33)29(24-11-6-4-7-12-24)25-13-8-5-9-14-25/h4-16,21,23,29H,17-20H2,1-3H3,(H,31,32). The maximum absolute atomic E-state index is 5.39. The third-order valence-corrected chi connectivity index (χ3v) is 7.15. The summed E-state index contributed by atoms with van der Waals surface area (Å²) in [5.41, 5.74) is 6.00. The largest absolute Gasteiger partial charge is 0.497 e. The van der Waals surface area contributed by atoms with Crippen molar-refractivity contribution in [1.29, 1.82) is 0 Å². The van der Waals surface area contributed by atoms with E-state index >= 15 is 0 Å². The van der Waals surface area contributed by atoms with Crippen molar-refractivity contribution in [1.82, 2.24) is 19.8 Å². The van der Waals surface area contributed by atoms with Crippen LogP contribution in [0, 0.1) is 6.92 Å². The smallest absolute Gasteiger partial charge is 0.138 e. The molecule has 1 aromatic heterocycles. The van der Waals surface area contributed by atoms with Crippen molar-refractivity contribution < 1.29 is 4.74 Å². The first-order chi connectivity index (χ1) is 17.1. The highest BCUT2D eigenvalue weighted by Crippen LogP contribution is 2.32. The number of benzene rings is 3. The van der Waals surface area contributed by atoms with Gasteiger partial charge in [-0.2, -0.15) is 0 Å². The molecule has 1 atom stereocenters. The topological polar surface area (TPSA) is 44.4 Å². The normalized spacial score (nSPS) is 15.9. The number of methoxy groups -OCH3 is 1. The van der Waals surface area contributed by atoms with E-state index in [4.69, 9.17) is 9.72 Å². The maximum atomic E-state index is 5.39. The number of hydrogen-bond acceptors (Lipinski definition) is 4. The summed E-state index contributed by atoms with van der Waals surface area (Å²) in [6.45, 7) is 8.46. The lowest BCUT2D eigenvalue weighted by molar-refractivity contribution is 0.0826. The van der Waals surface area contributed by atoms with Crippen LogP contribution in [0.5, 0.6) is 5.75 Å². The van der Waals surface area contributed by atoms with Crippen LogP contribution in [-0.4, -0.2) is 53.1 Å². The molecule has 1 fully saturated rings. The predicted molar refractivity (Wildman–Crippen MR) is 142 cm³/mol. The number of imidazole rings is 1. The molecule has 0 spiro atoms. The van der Waals surface area contributed by atoms with E-state index in [0.29, 0.717) is 0 Å². The Kier molecular flexibility index (Phi) is 6.98. The van der Waals surface area contributed by atoms with E-state index in [-0.39, 0.29) is 12.1 Å². The molecular formula is C30H34N4O. The average molecular weight is 467 g/mol. The minimum Gasteiger partial charge on any atom is -0.497 e. The summed E-state index contributed by atoms with van der Waals surface area (Å²) in [6.07, 6.45) is 0. The van der Waals surface area contributed by atoms with Crippen molar-refractivity contribution in [2.24, 2.45) is 0 Å². The first-order valence-electron chi connectivity index (χ1n) is 12.4. The van der Waals surface area contributed by atoms with Gasteiger partial charge in [-0.25, -0.2) is 4.98 Å². The van der Waals surface area contributed by atoms with Gasteiger partial charge >= 0.3 is 0 Å². The van der Waals surface area contributed by atoms with Crippen LogP contribution in [0.25, 0.3) is 11.4 Å². The first-order valence-corrected chi connectivity index (χ1v) is 12.4. The van der Waals surface area contributed by atoms with Crippen molar-refractivity contribution in [2.45, 2.75) is 25.9 Å². The minimum atomic E-state index is 0.250. The number of hydrogen-bond donors (Lipinski definition) is 1. The molecule has 1 aliphatic rings. The summed E-state index contributed by atoms with van der Waals surface area (Å²) in [4.78, 5) is 13.7. The Morgan fingerprint density at radius 2 is 1.40 bits per heavy atom. The van der Waals surface area contributed by atoms with Gasteiger partial charge in [-0.05, 0) is 37.1 Å². The molecule has 2 heterocycles. The Bertz CT molecular complexity index is 1190. The van der Waals surface area contributed by atoms with Crippen LogP contribution in [0.4, 0.5) is 0 Å². The van der Waals surface area contributed by atoms with Crippen molar-refractivity contribution in [2.75, 3.05) is 33.3 Å². The zero-order valence-electron chi connectivity index (χ0n) is 20.8. The molecule has 1 N–H and O–H groups in total. The van der Waals surface area contributed by atoms with Crippen LogP contribution in [0.2, 0.25) is 0 Å². The van der Waals surface area contributed by atoms with Gasteiger partial charge in [-0.3, -0.25) is 9.80 Å². The van der Waals surface area contributed by atoms with Crippen molar-refractivity contribution in [3.05, 3.63) is 107 Å². The van der Waals surface area contributed by atoms with Crippen molar-refractivity contribution in [3.8, 4) is 17.1 Å². The molecule has 0 amide bonds. The van der Waals surface area contributed by atoms with Crippen molar-refractivity contribution in [3.63, 3.8) is 0 Å². The van der Waals surface area contributed by atoms with E-state index in [0.717, 1.165) is 54.7 Å². The third-order valence-electron chi connectivity index (χ3n) is 7.15. The summed E-state index contributed by atoms with van der Waals surface area (Å²) in [5, 5.41) is 0. The minimum absolute atomic E-state index is 0.250. The number of aromatic amines is 1. The van der Waals surface area contributed by atoms with E-state index < -0.39 is 0 Å². The highest BCUT2D eigenvalue weighted by Gasteiger charge is 2.29. The molecule has 1 aliphatic heterocycles. The monoisotopic (exact) mass is 466 g/mol. The molecule has 0 saturated carbocycles. The van der Waals surface area contributed by atoms with Gasteiger partial charge in [0.15, 0.2) is 0 Å². The predicted octanol–water partition coefficient (Wildman–Crippen LogP) is 5.86. The Balaban J connectivity index is 1.31. The van der Waals surface area contributed by atoms with E-state index in [2.05, 4.69) is 95.4 Å². The number of rotatable bonds is 7. The molecule has 5 nitrogen and oxygen atoms in total. The van der Waals surface area contributed by atoms with E-state index in [1.54, 1.807) is 7.11 Å². The van der Waals surface area contributed by atoms with Crippen LogP contribution in [-0.2, 0) is 0 Å². The lowest BCUT2D eigenvalue weighted by Gasteiger charge is -2.41. The van der Waals surface area contributed by atoms with Crippen LogP contribution in [0.3, 0.4) is 0 Å². The quantitative estimate of drug-likeness (QED) is 0.370. The van der Waals surface area contributed by atoms with Gasteiger partial charge in [-0.1, -0.05) is 72.8 Å². The number of aryl methyl sites for hydroxylation is 1. The number of nitrogens with zero attached hydrogens (tertiary/aromatic N) is 3. The van der Waals surface area contributed by atoms with Gasteiger partial charge in [0.05, 0.1) is 24.9 Å². The number of ether oxygens (including phenoxy) is 1. The first kappa shape index (κ1) is 23.3. The molecule has 180 valence electrons. The second-order valence-corrected chi connectivity index (χ2v) is 9.30. The SMILES string of the molecule is COc1cccc(-c2nc(C(C)N3CCN(C(c4ccccc4)c4ccccc4)CC3)c(C)[nH]2)c1. The van der Waals surface area contributed by atoms with Gasteiger partial charge in [0, 0.05) is 37.4 Å². The second-order valence-electron chi connectivity index (χ2n) is 9.30. The molecule has 0 bridgehead atoms. The Hall–Kier alpha value is -3.41. The molecule has 0 aliphatic carbocycles. The van der Waals surface area contributed by atoms with Gasteiger partial charge in [0.2, 0.25) is 0 Å². The molecule has 5 heteroatoms. The van der Waals surface area contributed by atoms with Crippen molar-refractivity contribution >= 4 is 0 Å². The lowest BCUT2D eigenvalue weighted by atomic mass is 9.96. The Morgan fingerprint density at radius 1 is 0.800 bits per heavy atom.